The smallest absolute Gasteiger partial charge is 0.179 e. The van der Waals surface area contributed by atoms with Gasteiger partial charge in [-0.1, -0.05) is 43.5 Å². The number of likely N-dealkylation sites (tertiary alicyclic amines) is 1. The van der Waals surface area contributed by atoms with Crippen molar-refractivity contribution in [2.75, 3.05) is 13.1 Å². The molecular weight excluding hydrogens is 272 g/mol. The average molecular weight is 292 g/mol. The molecule has 0 N–H and O–H groups in total. The van der Waals surface area contributed by atoms with Crippen LogP contribution in [-0.2, 0) is 11.2 Å². The van der Waals surface area contributed by atoms with Crippen LogP contribution in [-0.4, -0.2) is 23.8 Å². The molecule has 1 saturated carbocycles. The van der Waals surface area contributed by atoms with Gasteiger partial charge in [0.15, 0.2) is 5.78 Å². The summed E-state index contributed by atoms with van der Waals surface area (Å²) < 4.78 is 0. The van der Waals surface area contributed by atoms with Gasteiger partial charge in [0, 0.05) is 30.5 Å². The SMILES string of the molecule is N#CC1=C(N2CC3(CCCCC3)C2)c2ccccc2CC1=O. The lowest BCUT2D eigenvalue weighted by atomic mass is 9.68. The number of nitrogens with zero attached hydrogens (tertiary/aromatic N) is 2. The number of hydrogen-bond donors (Lipinski definition) is 0. The Hall–Kier alpha value is -2.08. The number of Topliss-reactive ketones (excluding diaryl/α,β-unsaturated/α-hetero) is 1. The molecule has 3 aliphatic rings. The van der Waals surface area contributed by atoms with E-state index in [2.05, 4.69) is 17.0 Å². The average Bonchev–Trinajstić information content (AvgIpc) is 2.52. The van der Waals surface area contributed by atoms with Crippen LogP contribution in [0, 0.1) is 16.7 Å². The number of benzene rings is 1. The lowest BCUT2D eigenvalue weighted by Crippen LogP contribution is -2.56. The van der Waals surface area contributed by atoms with E-state index in [1.807, 2.05) is 18.2 Å². The van der Waals surface area contributed by atoms with E-state index < -0.39 is 0 Å². The summed E-state index contributed by atoms with van der Waals surface area (Å²) in [5.74, 6) is -0.0270. The highest BCUT2D eigenvalue weighted by Gasteiger charge is 2.46. The standard InChI is InChI=1S/C19H20N2O/c20-11-16-17(22)10-14-6-2-3-7-15(14)18(16)21-12-19(13-21)8-4-1-5-9-19/h2-3,6-7H,1,4-5,8-10,12-13H2. The molecule has 1 aromatic rings. The zero-order chi connectivity index (χ0) is 15.2. The Balaban J connectivity index is 1.70. The molecule has 1 aromatic carbocycles. The number of carbonyl (C=O) groups is 1. The Bertz CT molecular complexity index is 696. The Kier molecular flexibility index (Phi) is 3.07. The first kappa shape index (κ1) is 13.6. The number of rotatable bonds is 1. The number of allylic oxidation sites excluding steroid dienone is 1. The van der Waals surface area contributed by atoms with Crippen molar-refractivity contribution in [2.45, 2.75) is 38.5 Å². The van der Waals surface area contributed by atoms with Crippen molar-refractivity contribution in [1.29, 1.82) is 5.26 Å². The summed E-state index contributed by atoms with van der Waals surface area (Å²) in [6.45, 7) is 2.02. The molecule has 2 aliphatic carbocycles. The van der Waals surface area contributed by atoms with Crippen LogP contribution in [0.25, 0.3) is 5.70 Å². The summed E-state index contributed by atoms with van der Waals surface area (Å²) in [6, 6.07) is 10.2. The topological polar surface area (TPSA) is 44.1 Å². The second kappa shape index (κ2) is 4.98. The minimum atomic E-state index is -0.0270. The summed E-state index contributed by atoms with van der Waals surface area (Å²) in [5, 5.41) is 9.47. The quantitative estimate of drug-likeness (QED) is 0.797. The zero-order valence-corrected chi connectivity index (χ0v) is 12.8. The van der Waals surface area contributed by atoms with Crippen LogP contribution < -0.4 is 0 Å². The highest BCUT2D eigenvalue weighted by atomic mass is 16.1. The first-order valence-electron chi connectivity index (χ1n) is 8.23. The van der Waals surface area contributed by atoms with Crippen molar-refractivity contribution in [3.8, 4) is 6.07 Å². The highest BCUT2D eigenvalue weighted by molar-refractivity contribution is 6.10. The maximum Gasteiger partial charge on any atom is 0.179 e. The summed E-state index contributed by atoms with van der Waals surface area (Å²) in [4.78, 5) is 14.6. The van der Waals surface area contributed by atoms with Gasteiger partial charge in [0.05, 0.1) is 5.70 Å². The third-order valence-corrected chi connectivity index (χ3v) is 5.53. The summed E-state index contributed by atoms with van der Waals surface area (Å²) in [6.07, 6.45) is 6.97. The second-order valence-electron chi connectivity index (χ2n) is 7.01. The van der Waals surface area contributed by atoms with Gasteiger partial charge < -0.3 is 4.90 Å². The molecular formula is C19H20N2O. The van der Waals surface area contributed by atoms with Crippen LogP contribution in [0.2, 0.25) is 0 Å². The molecule has 0 bridgehead atoms. The van der Waals surface area contributed by atoms with E-state index in [1.54, 1.807) is 0 Å². The molecule has 0 amide bonds. The van der Waals surface area contributed by atoms with Crippen LogP contribution in [0.15, 0.2) is 29.8 Å². The van der Waals surface area contributed by atoms with Crippen molar-refractivity contribution in [3.63, 3.8) is 0 Å². The number of carbonyl (C=O) groups excluding carboxylic acids is 1. The second-order valence-corrected chi connectivity index (χ2v) is 7.01. The molecule has 0 unspecified atom stereocenters. The number of hydrogen-bond acceptors (Lipinski definition) is 3. The number of ketones is 1. The van der Waals surface area contributed by atoms with E-state index >= 15 is 0 Å². The molecule has 1 spiro atoms. The van der Waals surface area contributed by atoms with E-state index in [0.29, 0.717) is 17.4 Å². The Morgan fingerprint density at radius 1 is 1.09 bits per heavy atom. The maximum absolute atomic E-state index is 12.3. The summed E-state index contributed by atoms with van der Waals surface area (Å²) in [7, 11) is 0. The van der Waals surface area contributed by atoms with Gasteiger partial charge in [0.25, 0.3) is 0 Å². The largest absolute Gasteiger partial charge is 0.369 e. The van der Waals surface area contributed by atoms with Crippen molar-refractivity contribution in [1.82, 2.24) is 4.90 Å². The lowest BCUT2D eigenvalue weighted by molar-refractivity contribution is -0.114. The van der Waals surface area contributed by atoms with Crippen molar-refractivity contribution in [2.24, 2.45) is 5.41 Å². The predicted octanol–water partition coefficient (Wildman–Crippen LogP) is 3.31. The van der Waals surface area contributed by atoms with Gasteiger partial charge in [-0.05, 0) is 18.4 Å². The van der Waals surface area contributed by atoms with Gasteiger partial charge in [-0.3, -0.25) is 4.79 Å². The zero-order valence-electron chi connectivity index (χ0n) is 12.8. The molecule has 3 nitrogen and oxygen atoms in total. The van der Waals surface area contributed by atoms with Crippen LogP contribution in [0.4, 0.5) is 0 Å². The first-order valence-corrected chi connectivity index (χ1v) is 8.23. The molecule has 0 radical (unpaired) electrons. The molecule has 2 fully saturated rings. The normalized spacial score (nSPS) is 23.0. The fourth-order valence-corrected chi connectivity index (χ4v) is 4.42. The van der Waals surface area contributed by atoms with Crippen LogP contribution >= 0.6 is 0 Å². The van der Waals surface area contributed by atoms with Crippen molar-refractivity contribution < 1.29 is 4.79 Å². The van der Waals surface area contributed by atoms with E-state index in [4.69, 9.17) is 0 Å². The van der Waals surface area contributed by atoms with Gasteiger partial charge in [0.1, 0.15) is 11.6 Å². The Morgan fingerprint density at radius 3 is 2.55 bits per heavy atom. The minimum absolute atomic E-state index is 0.0270. The van der Waals surface area contributed by atoms with Crippen LogP contribution in [0.1, 0.15) is 43.2 Å². The molecule has 0 aromatic heterocycles. The molecule has 0 atom stereocenters. The van der Waals surface area contributed by atoms with Gasteiger partial charge in [-0.15, -0.1) is 0 Å². The minimum Gasteiger partial charge on any atom is -0.369 e. The van der Waals surface area contributed by atoms with Gasteiger partial charge in [0.2, 0.25) is 0 Å². The molecule has 3 heteroatoms. The molecule has 112 valence electrons. The molecule has 22 heavy (non-hydrogen) atoms. The summed E-state index contributed by atoms with van der Waals surface area (Å²) in [5.41, 5.74) is 3.85. The van der Waals surface area contributed by atoms with E-state index in [-0.39, 0.29) is 5.78 Å². The molecule has 4 rings (SSSR count). The molecule has 1 aliphatic heterocycles. The fourth-order valence-electron chi connectivity index (χ4n) is 4.42. The third kappa shape index (κ3) is 1.98. The van der Waals surface area contributed by atoms with Crippen molar-refractivity contribution in [3.05, 3.63) is 41.0 Å². The maximum atomic E-state index is 12.3. The summed E-state index contributed by atoms with van der Waals surface area (Å²) >= 11 is 0. The first-order chi connectivity index (χ1) is 10.7. The number of fused-ring (bicyclic) bond motifs is 1. The predicted molar refractivity (Wildman–Crippen MR) is 84.8 cm³/mol. The fraction of sp³-hybridized carbons (Fsp3) is 0.474. The lowest BCUT2D eigenvalue weighted by Gasteiger charge is -2.55. The molecule has 1 saturated heterocycles. The van der Waals surface area contributed by atoms with E-state index in [1.165, 1.54) is 32.1 Å². The van der Waals surface area contributed by atoms with Crippen molar-refractivity contribution >= 4 is 11.5 Å². The third-order valence-electron chi connectivity index (χ3n) is 5.53. The monoisotopic (exact) mass is 292 g/mol. The molecule has 1 heterocycles. The number of nitriles is 1. The van der Waals surface area contributed by atoms with Crippen LogP contribution in [0.5, 0.6) is 0 Å². The van der Waals surface area contributed by atoms with Gasteiger partial charge >= 0.3 is 0 Å². The van der Waals surface area contributed by atoms with Gasteiger partial charge in [-0.2, -0.15) is 5.26 Å². The Morgan fingerprint density at radius 2 is 1.82 bits per heavy atom. The Labute approximate surface area is 131 Å². The van der Waals surface area contributed by atoms with Gasteiger partial charge in [-0.25, -0.2) is 0 Å². The van der Waals surface area contributed by atoms with Crippen LogP contribution in [0.3, 0.4) is 0 Å². The highest BCUT2D eigenvalue weighted by Crippen LogP contribution is 2.48. The van der Waals surface area contributed by atoms with E-state index in [0.717, 1.165) is 29.9 Å². The van der Waals surface area contributed by atoms with E-state index in [9.17, 15) is 10.1 Å².